The fourth-order valence-corrected chi connectivity index (χ4v) is 2.20. The summed E-state index contributed by atoms with van der Waals surface area (Å²) in [6, 6.07) is 0. The fraction of sp³-hybridized carbons (Fsp3) is 0.636. The summed E-state index contributed by atoms with van der Waals surface area (Å²) in [7, 11) is 0. The van der Waals surface area contributed by atoms with Gasteiger partial charge in [-0.1, -0.05) is 22.8 Å². The van der Waals surface area contributed by atoms with Gasteiger partial charge in [0.15, 0.2) is 0 Å². The van der Waals surface area contributed by atoms with Crippen molar-refractivity contribution in [3.05, 3.63) is 22.8 Å². The molecular weight excluding hydrogens is 132 g/mol. The first-order valence-electron chi connectivity index (χ1n) is 4.71. The van der Waals surface area contributed by atoms with E-state index < -0.39 is 0 Å². The van der Waals surface area contributed by atoms with Crippen molar-refractivity contribution in [3.63, 3.8) is 0 Å². The highest BCUT2D eigenvalue weighted by atomic mass is 14.2. The van der Waals surface area contributed by atoms with Gasteiger partial charge >= 0.3 is 0 Å². The molecule has 2 aliphatic carbocycles. The maximum absolute atomic E-state index is 2.41. The molecule has 0 amide bonds. The Bertz CT molecular complexity index is 218. The number of rotatable bonds is 0. The van der Waals surface area contributed by atoms with E-state index in [2.05, 4.69) is 13.0 Å². The quantitative estimate of drug-likeness (QED) is 0.460. The van der Waals surface area contributed by atoms with Crippen LogP contribution < -0.4 is 0 Å². The van der Waals surface area contributed by atoms with E-state index in [0.29, 0.717) is 0 Å². The van der Waals surface area contributed by atoms with E-state index in [9.17, 15) is 0 Å². The van der Waals surface area contributed by atoms with Crippen LogP contribution in [0.5, 0.6) is 0 Å². The summed E-state index contributed by atoms with van der Waals surface area (Å²) in [5.74, 6) is 0. The lowest BCUT2D eigenvalue weighted by molar-refractivity contribution is 0.640. The van der Waals surface area contributed by atoms with E-state index >= 15 is 0 Å². The van der Waals surface area contributed by atoms with Crippen molar-refractivity contribution in [2.24, 2.45) is 0 Å². The van der Waals surface area contributed by atoms with Gasteiger partial charge < -0.3 is 0 Å². The van der Waals surface area contributed by atoms with Crippen molar-refractivity contribution in [1.82, 2.24) is 0 Å². The molecule has 2 aliphatic rings. The second-order valence-electron chi connectivity index (χ2n) is 3.85. The Kier molecular flexibility index (Phi) is 1.85. The Morgan fingerprint density at radius 3 is 2.64 bits per heavy atom. The largest absolute Gasteiger partial charge is 0.0812 e. The van der Waals surface area contributed by atoms with Crippen LogP contribution in [-0.2, 0) is 0 Å². The number of allylic oxidation sites excluding steroid dienone is 4. The van der Waals surface area contributed by atoms with Crippen LogP contribution >= 0.6 is 0 Å². The normalized spacial score (nSPS) is 24.6. The van der Waals surface area contributed by atoms with Crippen LogP contribution in [0.15, 0.2) is 22.8 Å². The average Bonchev–Trinajstić information content (AvgIpc) is 2.04. The molecular formula is C11H16. The second-order valence-corrected chi connectivity index (χ2v) is 3.85. The van der Waals surface area contributed by atoms with Crippen LogP contribution in [0.3, 0.4) is 0 Å². The average molecular weight is 148 g/mol. The third-order valence-electron chi connectivity index (χ3n) is 2.90. The van der Waals surface area contributed by atoms with Crippen LogP contribution in [0.4, 0.5) is 0 Å². The molecule has 0 unspecified atom stereocenters. The zero-order valence-electron chi connectivity index (χ0n) is 7.32. The summed E-state index contributed by atoms with van der Waals surface area (Å²) in [6.45, 7) is 2.26. The van der Waals surface area contributed by atoms with Gasteiger partial charge in [-0.15, -0.1) is 0 Å². The van der Waals surface area contributed by atoms with Gasteiger partial charge in [0.1, 0.15) is 0 Å². The molecule has 0 nitrogen and oxygen atoms in total. The summed E-state index contributed by atoms with van der Waals surface area (Å²) >= 11 is 0. The molecule has 0 aromatic carbocycles. The first-order valence-corrected chi connectivity index (χ1v) is 4.71. The molecule has 2 rings (SSSR count). The van der Waals surface area contributed by atoms with Crippen molar-refractivity contribution in [2.75, 3.05) is 0 Å². The Hall–Kier alpha value is -0.520. The van der Waals surface area contributed by atoms with E-state index in [1.54, 1.807) is 16.7 Å². The molecule has 0 aromatic rings. The van der Waals surface area contributed by atoms with Gasteiger partial charge in [0.05, 0.1) is 0 Å². The Morgan fingerprint density at radius 2 is 1.82 bits per heavy atom. The van der Waals surface area contributed by atoms with Crippen LogP contribution in [0.1, 0.15) is 45.4 Å². The van der Waals surface area contributed by atoms with Gasteiger partial charge in [0, 0.05) is 0 Å². The molecule has 0 spiro atoms. The molecule has 0 aromatic heterocycles. The Labute approximate surface area is 69.0 Å². The monoisotopic (exact) mass is 148 g/mol. The molecule has 0 heteroatoms. The van der Waals surface area contributed by atoms with E-state index in [-0.39, 0.29) is 0 Å². The Balaban J connectivity index is 2.16. The lowest BCUT2D eigenvalue weighted by Gasteiger charge is -2.23. The van der Waals surface area contributed by atoms with Crippen LogP contribution in [0.25, 0.3) is 0 Å². The van der Waals surface area contributed by atoms with Crippen LogP contribution in [0.2, 0.25) is 0 Å². The highest BCUT2D eigenvalue weighted by molar-refractivity contribution is 5.29. The molecule has 0 aliphatic heterocycles. The van der Waals surface area contributed by atoms with E-state index in [1.807, 2.05) is 0 Å². The summed E-state index contributed by atoms with van der Waals surface area (Å²) in [5, 5.41) is 0. The molecule has 0 N–H and O–H groups in total. The third-order valence-corrected chi connectivity index (χ3v) is 2.90. The Morgan fingerprint density at radius 1 is 1.09 bits per heavy atom. The SMILES string of the molecule is CC1=CCC2=C(CCCC2)C1. The molecule has 0 heterocycles. The van der Waals surface area contributed by atoms with E-state index in [0.717, 1.165) is 0 Å². The number of hydrogen-bond acceptors (Lipinski definition) is 0. The molecule has 0 bridgehead atoms. The van der Waals surface area contributed by atoms with Gasteiger partial charge in [0.2, 0.25) is 0 Å². The van der Waals surface area contributed by atoms with Gasteiger partial charge in [-0.05, 0) is 45.4 Å². The van der Waals surface area contributed by atoms with Crippen LogP contribution in [-0.4, -0.2) is 0 Å². The van der Waals surface area contributed by atoms with Gasteiger partial charge in [-0.3, -0.25) is 0 Å². The van der Waals surface area contributed by atoms with Crippen LogP contribution in [0, 0.1) is 0 Å². The standard InChI is InChI=1S/C11H16/c1-9-6-7-10-4-2-3-5-11(10)8-9/h6H,2-5,7-8H2,1H3. The summed E-state index contributed by atoms with van der Waals surface area (Å²) < 4.78 is 0. The maximum Gasteiger partial charge on any atom is -0.0108 e. The zero-order valence-corrected chi connectivity index (χ0v) is 7.32. The first kappa shape index (κ1) is 7.15. The minimum atomic E-state index is 1.27. The minimum absolute atomic E-state index is 1.27. The summed E-state index contributed by atoms with van der Waals surface area (Å²) in [4.78, 5) is 0. The lowest BCUT2D eigenvalue weighted by atomic mass is 9.83. The fourth-order valence-electron chi connectivity index (χ4n) is 2.20. The van der Waals surface area contributed by atoms with Crippen molar-refractivity contribution < 1.29 is 0 Å². The molecule has 0 saturated heterocycles. The van der Waals surface area contributed by atoms with Gasteiger partial charge in [-0.2, -0.15) is 0 Å². The molecule has 11 heavy (non-hydrogen) atoms. The van der Waals surface area contributed by atoms with Crippen molar-refractivity contribution in [3.8, 4) is 0 Å². The lowest BCUT2D eigenvalue weighted by Crippen LogP contribution is -2.03. The zero-order chi connectivity index (χ0) is 7.68. The second kappa shape index (κ2) is 2.84. The summed E-state index contributed by atoms with van der Waals surface area (Å²) in [5.41, 5.74) is 5.13. The topological polar surface area (TPSA) is 0 Å². The van der Waals surface area contributed by atoms with E-state index in [1.165, 1.54) is 38.5 Å². The molecule has 60 valence electrons. The molecule has 0 fully saturated rings. The highest BCUT2D eigenvalue weighted by Crippen LogP contribution is 2.34. The minimum Gasteiger partial charge on any atom is -0.0812 e. The number of hydrogen-bond donors (Lipinski definition) is 0. The molecule has 0 radical (unpaired) electrons. The maximum atomic E-state index is 2.41. The van der Waals surface area contributed by atoms with Gasteiger partial charge in [0.25, 0.3) is 0 Å². The molecule has 0 atom stereocenters. The summed E-state index contributed by atoms with van der Waals surface area (Å²) in [6.07, 6.45) is 10.6. The smallest absolute Gasteiger partial charge is 0.0108 e. The van der Waals surface area contributed by atoms with Crippen molar-refractivity contribution >= 4 is 0 Å². The first-order chi connectivity index (χ1) is 5.36. The van der Waals surface area contributed by atoms with E-state index in [4.69, 9.17) is 0 Å². The van der Waals surface area contributed by atoms with Crippen molar-refractivity contribution in [2.45, 2.75) is 45.4 Å². The third kappa shape index (κ3) is 1.40. The van der Waals surface area contributed by atoms with Crippen molar-refractivity contribution in [1.29, 1.82) is 0 Å². The molecule has 0 saturated carbocycles. The predicted octanol–water partition coefficient (Wildman–Crippen LogP) is 3.60. The van der Waals surface area contributed by atoms with Gasteiger partial charge in [-0.25, -0.2) is 0 Å². The predicted molar refractivity (Wildman–Crippen MR) is 48.5 cm³/mol. The highest BCUT2D eigenvalue weighted by Gasteiger charge is 2.14.